The zero-order chi connectivity index (χ0) is 29.9. The Morgan fingerprint density at radius 2 is 1.95 bits per heavy atom. The van der Waals surface area contributed by atoms with Gasteiger partial charge in [-0.3, -0.25) is 5.32 Å². The van der Waals surface area contributed by atoms with Crippen LogP contribution in [0.4, 0.5) is 23.8 Å². The average Bonchev–Trinajstić information content (AvgIpc) is 3.63. The summed E-state index contributed by atoms with van der Waals surface area (Å²) in [6, 6.07) is 2.57. The normalized spacial score (nSPS) is 16.2. The molecule has 0 radical (unpaired) electrons. The van der Waals surface area contributed by atoms with Crippen LogP contribution in [-0.4, -0.2) is 77.6 Å². The molecule has 3 aromatic rings. The van der Waals surface area contributed by atoms with E-state index in [1.807, 2.05) is 0 Å². The Morgan fingerprint density at radius 1 is 1.17 bits per heavy atom. The lowest BCUT2D eigenvalue weighted by Crippen LogP contribution is -2.32. The zero-order valence-electron chi connectivity index (χ0n) is 22.8. The van der Waals surface area contributed by atoms with Crippen LogP contribution in [0, 0.1) is 5.92 Å². The molecule has 0 atom stereocenters. The molecule has 2 aliphatic rings. The second-order valence-corrected chi connectivity index (χ2v) is 10.7. The molecular weight excluding hydrogens is 575 g/mol. The minimum Gasteiger partial charge on any atom is -0.477 e. The van der Waals surface area contributed by atoms with E-state index in [9.17, 15) is 22.8 Å². The molecular formula is C27H28F3N7O4S. The van der Waals surface area contributed by atoms with Gasteiger partial charge < -0.3 is 19.7 Å². The Balaban J connectivity index is 1.58. The van der Waals surface area contributed by atoms with E-state index < -0.39 is 23.9 Å². The predicted molar refractivity (Wildman–Crippen MR) is 149 cm³/mol. The number of likely N-dealkylation sites (tertiary alicyclic amines) is 1. The molecule has 5 rings (SSSR count). The van der Waals surface area contributed by atoms with Gasteiger partial charge in [0.1, 0.15) is 17.4 Å². The number of thiazole rings is 1. The van der Waals surface area contributed by atoms with Gasteiger partial charge in [-0.25, -0.2) is 29.5 Å². The number of ether oxygens (including phenoxy) is 2. The lowest BCUT2D eigenvalue weighted by atomic mass is 9.98. The number of hydrogen-bond donors (Lipinski definition) is 2. The van der Waals surface area contributed by atoms with Crippen LogP contribution in [-0.2, 0) is 15.7 Å². The summed E-state index contributed by atoms with van der Waals surface area (Å²) in [7, 11) is 2.07. The quantitative estimate of drug-likeness (QED) is 0.361. The topological polar surface area (TPSA) is 131 Å². The largest absolute Gasteiger partial charge is 0.477 e. The maximum absolute atomic E-state index is 13.5. The number of cyclic esters (lactones) is 1. The first-order chi connectivity index (χ1) is 20.1. The standard InChI is InChI=1S/C27H28F3N7O4S/c1-3-31-26(39)36-21-9-18(25-35-20(14-42-25)27(28,29)30)19(11-32-21)17-8-16(23-34-12-22(38)41-23)10-33-24(17)40-13-15-4-6-37(2)7-5-15/h8-11,14-15H,3-7,12-13H2,1-2H3,(H2,31,32,36,39). The number of nitrogens with one attached hydrogen (secondary N) is 2. The van der Waals surface area contributed by atoms with Gasteiger partial charge in [0.15, 0.2) is 5.69 Å². The Hall–Kier alpha value is -4.11. The molecule has 5 heterocycles. The van der Waals surface area contributed by atoms with Crippen LogP contribution < -0.4 is 15.4 Å². The Kier molecular flexibility index (Phi) is 8.68. The average molecular weight is 604 g/mol. The Labute approximate surface area is 243 Å². The third kappa shape index (κ3) is 6.85. The molecule has 1 fully saturated rings. The molecule has 2 aliphatic heterocycles. The number of hydrogen-bond acceptors (Lipinski definition) is 10. The highest BCUT2D eigenvalue weighted by atomic mass is 32.1. The fourth-order valence-corrected chi connectivity index (χ4v) is 5.38. The summed E-state index contributed by atoms with van der Waals surface area (Å²) in [6.45, 7) is 4.25. The molecule has 0 aromatic carbocycles. The van der Waals surface area contributed by atoms with Crippen molar-refractivity contribution in [1.29, 1.82) is 0 Å². The molecule has 42 heavy (non-hydrogen) atoms. The van der Waals surface area contributed by atoms with E-state index in [1.165, 1.54) is 18.5 Å². The van der Waals surface area contributed by atoms with E-state index in [4.69, 9.17) is 9.47 Å². The number of aromatic nitrogens is 3. The molecule has 1 saturated heterocycles. The van der Waals surface area contributed by atoms with E-state index in [-0.39, 0.29) is 34.7 Å². The van der Waals surface area contributed by atoms with E-state index in [0.717, 1.165) is 42.6 Å². The van der Waals surface area contributed by atoms with Crippen LogP contribution in [0.15, 0.2) is 34.9 Å². The van der Waals surface area contributed by atoms with Crippen molar-refractivity contribution in [1.82, 2.24) is 25.2 Å². The van der Waals surface area contributed by atoms with Crippen molar-refractivity contribution in [2.45, 2.75) is 25.9 Å². The lowest BCUT2D eigenvalue weighted by Gasteiger charge is -2.28. The third-order valence-corrected chi connectivity index (χ3v) is 7.63. The minimum atomic E-state index is -4.64. The fourth-order valence-electron chi connectivity index (χ4n) is 4.53. The lowest BCUT2D eigenvalue weighted by molar-refractivity contribution is -0.140. The van der Waals surface area contributed by atoms with Crippen molar-refractivity contribution in [3.63, 3.8) is 0 Å². The molecule has 3 aromatic heterocycles. The molecule has 0 unspecified atom stereocenters. The van der Waals surface area contributed by atoms with Crippen LogP contribution in [0.1, 0.15) is 31.0 Å². The summed E-state index contributed by atoms with van der Waals surface area (Å²) in [6.07, 6.45) is 0.135. The summed E-state index contributed by atoms with van der Waals surface area (Å²) >= 11 is 0.802. The zero-order valence-corrected chi connectivity index (χ0v) is 23.6. The first-order valence-corrected chi connectivity index (χ1v) is 14.1. The number of carbonyl (C=O) groups excluding carboxylic acids is 2. The molecule has 0 bridgehead atoms. The number of esters is 1. The number of halogens is 3. The third-order valence-electron chi connectivity index (χ3n) is 6.75. The van der Waals surface area contributed by atoms with E-state index >= 15 is 0 Å². The van der Waals surface area contributed by atoms with Crippen molar-refractivity contribution < 1.29 is 32.2 Å². The first kappa shape index (κ1) is 29.4. The summed E-state index contributed by atoms with van der Waals surface area (Å²) in [5.41, 5.74) is 0.360. The van der Waals surface area contributed by atoms with Crippen molar-refractivity contribution >= 4 is 35.1 Å². The van der Waals surface area contributed by atoms with Crippen molar-refractivity contribution in [2.75, 3.05) is 45.2 Å². The van der Waals surface area contributed by atoms with Crippen LogP contribution in [0.3, 0.4) is 0 Å². The number of amides is 2. The highest BCUT2D eigenvalue weighted by molar-refractivity contribution is 7.13. The Morgan fingerprint density at radius 3 is 2.62 bits per heavy atom. The van der Waals surface area contributed by atoms with Crippen LogP contribution in [0.5, 0.6) is 5.88 Å². The van der Waals surface area contributed by atoms with Crippen molar-refractivity contribution in [3.8, 4) is 27.6 Å². The van der Waals surface area contributed by atoms with Gasteiger partial charge in [-0.15, -0.1) is 11.3 Å². The van der Waals surface area contributed by atoms with Crippen molar-refractivity contribution in [2.24, 2.45) is 10.9 Å². The Bertz CT molecular complexity index is 1500. The fraction of sp³-hybridized carbons (Fsp3) is 0.407. The number of anilines is 1. The number of nitrogens with zero attached hydrogens (tertiary/aromatic N) is 5. The number of carbonyl (C=O) groups is 2. The van der Waals surface area contributed by atoms with Gasteiger partial charge in [-0.1, -0.05) is 0 Å². The first-order valence-electron chi connectivity index (χ1n) is 13.3. The maximum atomic E-state index is 13.5. The molecule has 2 amide bonds. The van der Waals surface area contributed by atoms with Gasteiger partial charge in [0.05, 0.1) is 12.2 Å². The summed E-state index contributed by atoms with van der Waals surface area (Å²) in [5, 5.41) is 6.15. The monoisotopic (exact) mass is 603 g/mol. The van der Waals surface area contributed by atoms with E-state index in [2.05, 4.69) is 42.5 Å². The highest BCUT2D eigenvalue weighted by Gasteiger charge is 2.34. The van der Waals surface area contributed by atoms with E-state index in [1.54, 1.807) is 13.0 Å². The highest BCUT2D eigenvalue weighted by Crippen LogP contribution is 2.41. The molecule has 0 saturated carbocycles. The SMILES string of the molecule is CCNC(=O)Nc1cc(-c2nc(C(F)(F)F)cs2)c(-c2cc(C3=NCC(=O)O3)cnc2OCC2CCN(C)CC2)cn1. The summed E-state index contributed by atoms with van der Waals surface area (Å²) in [4.78, 5) is 42.9. The summed E-state index contributed by atoms with van der Waals surface area (Å²) in [5.74, 6) is 0.191. The van der Waals surface area contributed by atoms with Gasteiger partial charge in [0, 0.05) is 41.0 Å². The smallest absolute Gasteiger partial charge is 0.434 e. The van der Waals surface area contributed by atoms with Crippen LogP contribution in [0.25, 0.3) is 21.7 Å². The minimum absolute atomic E-state index is 0.0509. The number of rotatable bonds is 8. The van der Waals surface area contributed by atoms with Gasteiger partial charge in [-0.2, -0.15) is 13.2 Å². The van der Waals surface area contributed by atoms with Gasteiger partial charge >= 0.3 is 18.2 Å². The van der Waals surface area contributed by atoms with Crippen molar-refractivity contribution in [3.05, 3.63) is 41.2 Å². The second-order valence-electron chi connectivity index (χ2n) is 9.87. The number of urea groups is 1. The number of pyridine rings is 2. The molecule has 2 N–H and O–H groups in total. The van der Waals surface area contributed by atoms with Crippen LogP contribution >= 0.6 is 11.3 Å². The predicted octanol–water partition coefficient (Wildman–Crippen LogP) is 4.45. The van der Waals surface area contributed by atoms with E-state index in [0.29, 0.717) is 35.8 Å². The molecule has 222 valence electrons. The summed E-state index contributed by atoms with van der Waals surface area (Å²) < 4.78 is 51.8. The molecule has 15 heteroatoms. The van der Waals surface area contributed by atoms with Gasteiger partial charge in [-0.05, 0) is 58.0 Å². The van der Waals surface area contributed by atoms with Crippen LogP contribution in [0.2, 0.25) is 0 Å². The molecule has 0 aliphatic carbocycles. The maximum Gasteiger partial charge on any atom is 0.434 e. The molecule has 0 spiro atoms. The molecule has 11 nitrogen and oxygen atoms in total. The second kappa shape index (κ2) is 12.4. The number of aliphatic imine (C=N–C) groups is 1. The van der Waals surface area contributed by atoms with Gasteiger partial charge in [0.2, 0.25) is 11.8 Å². The number of piperidine rings is 1. The van der Waals surface area contributed by atoms with Gasteiger partial charge in [0.25, 0.3) is 0 Å². The number of alkyl halides is 3.